The molecule has 0 radical (unpaired) electrons. The lowest BCUT2D eigenvalue weighted by molar-refractivity contribution is -0.384. The van der Waals surface area contributed by atoms with Gasteiger partial charge in [-0.25, -0.2) is 5.84 Å². The highest BCUT2D eigenvalue weighted by Crippen LogP contribution is 2.30. The average Bonchev–Trinajstić information content (AvgIpc) is 2.60. The molecule has 2 aromatic carbocycles. The summed E-state index contributed by atoms with van der Waals surface area (Å²) in [7, 11) is 0. The Kier molecular flexibility index (Phi) is 5.58. The smallest absolute Gasteiger partial charge is 0.273 e. The number of non-ortho nitro benzene ring substituents is 1. The van der Waals surface area contributed by atoms with Gasteiger partial charge in [0.05, 0.1) is 22.4 Å². The first-order valence-electron chi connectivity index (χ1n) is 7.84. The predicted octanol–water partition coefficient (Wildman–Crippen LogP) is 2.79. The first-order valence-corrected chi connectivity index (χ1v) is 7.84. The van der Waals surface area contributed by atoms with Gasteiger partial charge in [-0.3, -0.25) is 19.9 Å². The highest BCUT2D eigenvalue weighted by Gasteiger charge is 2.15. The zero-order valence-electron chi connectivity index (χ0n) is 14.4. The molecule has 26 heavy (non-hydrogen) atoms. The van der Waals surface area contributed by atoms with Crippen molar-refractivity contribution in [2.24, 2.45) is 11.6 Å². The highest BCUT2D eigenvalue weighted by atomic mass is 16.6. The highest BCUT2D eigenvalue weighted by molar-refractivity contribution is 6.08. The number of hydrogen-bond donors (Lipinski definition) is 3. The molecule has 8 nitrogen and oxygen atoms in total. The summed E-state index contributed by atoms with van der Waals surface area (Å²) in [5.41, 5.74) is 6.97. The Balaban J connectivity index is 2.22. The Labute approximate surface area is 150 Å². The van der Waals surface area contributed by atoms with Crippen LogP contribution in [0.15, 0.2) is 54.4 Å². The van der Waals surface area contributed by atoms with Crippen LogP contribution in [-0.4, -0.2) is 15.8 Å². The van der Waals surface area contributed by atoms with Crippen molar-refractivity contribution >= 4 is 17.2 Å². The molecule has 8 heteroatoms. The molecule has 0 fully saturated rings. The number of nitrogens with two attached hydrogens (primary N) is 2. The summed E-state index contributed by atoms with van der Waals surface area (Å²) in [4.78, 5) is 22.5. The van der Waals surface area contributed by atoms with Gasteiger partial charge in [-0.2, -0.15) is 0 Å². The van der Waals surface area contributed by atoms with Crippen LogP contribution in [0, 0.1) is 10.1 Å². The first kappa shape index (κ1) is 18.9. The molecule has 0 unspecified atom stereocenters. The minimum Gasteiger partial charge on any atom is -0.505 e. The SMILES string of the molecule is CC(C)c1ccc(C(=O)/C(N)=C/N(N)c2ccc([N+](=O)[O-])cc2O)cc1. The maximum Gasteiger partial charge on any atom is 0.273 e. The number of anilines is 1. The summed E-state index contributed by atoms with van der Waals surface area (Å²) in [6.07, 6.45) is 1.15. The first-order chi connectivity index (χ1) is 12.2. The van der Waals surface area contributed by atoms with Gasteiger partial charge < -0.3 is 10.8 Å². The van der Waals surface area contributed by atoms with Gasteiger partial charge in [-0.15, -0.1) is 0 Å². The molecule has 0 aliphatic rings. The molecular formula is C18H20N4O4. The predicted molar refractivity (Wildman–Crippen MR) is 98.6 cm³/mol. The quantitative estimate of drug-likeness (QED) is 0.238. The Hall–Kier alpha value is -3.39. The number of ketones is 1. The van der Waals surface area contributed by atoms with E-state index in [-0.39, 0.29) is 17.1 Å². The van der Waals surface area contributed by atoms with E-state index >= 15 is 0 Å². The molecular weight excluding hydrogens is 336 g/mol. The number of carbonyl (C=O) groups is 1. The molecule has 0 spiro atoms. The van der Waals surface area contributed by atoms with Crippen molar-refractivity contribution in [3.63, 3.8) is 0 Å². The third-order valence-corrected chi connectivity index (χ3v) is 3.83. The molecule has 0 amide bonds. The Morgan fingerprint density at radius 1 is 1.23 bits per heavy atom. The maximum atomic E-state index is 12.4. The van der Waals surface area contributed by atoms with Crippen LogP contribution in [0.25, 0.3) is 0 Å². The van der Waals surface area contributed by atoms with E-state index in [2.05, 4.69) is 0 Å². The summed E-state index contributed by atoms with van der Waals surface area (Å²) >= 11 is 0. The normalized spacial score (nSPS) is 11.5. The fraction of sp³-hybridized carbons (Fsp3) is 0.167. The zero-order chi connectivity index (χ0) is 19.4. The zero-order valence-corrected chi connectivity index (χ0v) is 14.4. The second kappa shape index (κ2) is 7.66. The fourth-order valence-electron chi connectivity index (χ4n) is 2.31. The molecule has 0 saturated carbocycles. The van der Waals surface area contributed by atoms with Crippen molar-refractivity contribution in [1.29, 1.82) is 0 Å². The third-order valence-electron chi connectivity index (χ3n) is 3.83. The molecule has 0 aromatic heterocycles. The summed E-state index contributed by atoms with van der Waals surface area (Å²) in [5, 5.41) is 21.5. The number of aromatic hydroxyl groups is 1. The number of hydrogen-bond acceptors (Lipinski definition) is 7. The molecule has 0 heterocycles. The van der Waals surface area contributed by atoms with Gasteiger partial charge in [-0.1, -0.05) is 38.1 Å². The van der Waals surface area contributed by atoms with Crippen molar-refractivity contribution in [3.8, 4) is 5.75 Å². The molecule has 0 aliphatic carbocycles. The summed E-state index contributed by atoms with van der Waals surface area (Å²) in [6, 6.07) is 10.5. The van der Waals surface area contributed by atoms with Crippen LogP contribution < -0.4 is 16.6 Å². The largest absolute Gasteiger partial charge is 0.505 e. The summed E-state index contributed by atoms with van der Waals surface area (Å²) in [6.45, 7) is 4.10. The summed E-state index contributed by atoms with van der Waals surface area (Å²) in [5.74, 6) is 5.32. The van der Waals surface area contributed by atoms with Gasteiger partial charge in [-0.05, 0) is 17.5 Å². The van der Waals surface area contributed by atoms with Crippen LogP contribution in [-0.2, 0) is 0 Å². The second-order valence-electron chi connectivity index (χ2n) is 6.03. The number of phenolic OH excluding ortho intramolecular Hbond substituents is 1. The van der Waals surface area contributed by atoms with Gasteiger partial charge in [0.25, 0.3) is 5.69 Å². The molecule has 2 aromatic rings. The molecule has 136 valence electrons. The number of allylic oxidation sites excluding steroid dienone is 1. The monoisotopic (exact) mass is 356 g/mol. The van der Waals surface area contributed by atoms with Crippen molar-refractivity contribution in [2.75, 3.05) is 5.01 Å². The number of nitrogens with zero attached hydrogens (tertiary/aromatic N) is 2. The number of hydrazine groups is 1. The Morgan fingerprint density at radius 2 is 1.85 bits per heavy atom. The lowest BCUT2D eigenvalue weighted by Crippen LogP contribution is -2.27. The van der Waals surface area contributed by atoms with Crippen LogP contribution in [0.1, 0.15) is 35.7 Å². The Bertz CT molecular complexity index is 860. The van der Waals surface area contributed by atoms with Crippen molar-refractivity contribution in [3.05, 3.63) is 75.6 Å². The Morgan fingerprint density at radius 3 is 2.35 bits per heavy atom. The van der Waals surface area contributed by atoms with Gasteiger partial charge in [0.2, 0.25) is 5.78 Å². The van der Waals surface area contributed by atoms with Crippen LogP contribution in [0.2, 0.25) is 0 Å². The van der Waals surface area contributed by atoms with Crippen molar-refractivity contribution in [1.82, 2.24) is 0 Å². The van der Waals surface area contributed by atoms with E-state index in [1.54, 1.807) is 12.1 Å². The van der Waals surface area contributed by atoms with Crippen LogP contribution in [0.5, 0.6) is 5.75 Å². The molecule has 0 bridgehead atoms. The van der Waals surface area contributed by atoms with Gasteiger partial charge >= 0.3 is 0 Å². The van der Waals surface area contributed by atoms with Gasteiger partial charge in [0, 0.05) is 17.8 Å². The van der Waals surface area contributed by atoms with E-state index in [4.69, 9.17) is 11.6 Å². The lowest BCUT2D eigenvalue weighted by atomic mass is 10.00. The van der Waals surface area contributed by atoms with Gasteiger partial charge in [0.1, 0.15) is 5.75 Å². The average molecular weight is 356 g/mol. The number of nitro groups is 1. The van der Waals surface area contributed by atoms with Gasteiger partial charge in [0.15, 0.2) is 0 Å². The number of nitro benzene ring substituents is 1. The number of carbonyl (C=O) groups excluding carboxylic acids is 1. The van der Waals surface area contributed by atoms with Crippen molar-refractivity contribution in [2.45, 2.75) is 19.8 Å². The molecule has 5 N–H and O–H groups in total. The van der Waals surface area contributed by atoms with Crippen LogP contribution in [0.4, 0.5) is 11.4 Å². The van der Waals surface area contributed by atoms with E-state index in [1.165, 1.54) is 12.1 Å². The van der Waals surface area contributed by atoms with E-state index in [1.807, 2.05) is 26.0 Å². The van der Waals surface area contributed by atoms with E-state index < -0.39 is 16.5 Å². The number of rotatable bonds is 6. The van der Waals surface area contributed by atoms with Crippen molar-refractivity contribution < 1.29 is 14.8 Å². The fourth-order valence-corrected chi connectivity index (χ4v) is 2.31. The minimum atomic E-state index is -0.640. The second-order valence-corrected chi connectivity index (χ2v) is 6.03. The third kappa shape index (κ3) is 4.17. The molecule has 0 saturated heterocycles. The van der Waals surface area contributed by atoms with Crippen LogP contribution >= 0.6 is 0 Å². The van der Waals surface area contributed by atoms with E-state index in [0.29, 0.717) is 11.5 Å². The van der Waals surface area contributed by atoms with E-state index in [9.17, 15) is 20.0 Å². The number of Topliss-reactive ketones (excluding diaryl/α,β-unsaturated/α-hetero) is 1. The van der Waals surface area contributed by atoms with Crippen LogP contribution in [0.3, 0.4) is 0 Å². The minimum absolute atomic E-state index is 0.0708. The maximum absolute atomic E-state index is 12.4. The number of phenols is 1. The van der Waals surface area contributed by atoms with E-state index in [0.717, 1.165) is 22.8 Å². The summed E-state index contributed by atoms with van der Waals surface area (Å²) < 4.78 is 0. The standard InChI is InChI=1S/C18H20N4O4/c1-11(2)12-3-5-13(6-4-12)18(24)15(19)10-21(20)16-8-7-14(22(25)26)9-17(16)23/h3-11,23H,19-20H2,1-2H3/b15-10-. The molecule has 0 atom stereocenters. The number of benzene rings is 2. The molecule has 0 aliphatic heterocycles. The lowest BCUT2D eigenvalue weighted by Gasteiger charge is -2.16. The molecule has 2 rings (SSSR count). The topological polar surface area (TPSA) is 136 Å².